The van der Waals surface area contributed by atoms with Crippen LogP contribution in [0.1, 0.15) is 0 Å². The molecule has 0 atom stereocenters. The van der Waals surface area contributed by atoms with Crippen LogP contribution in [-0.2, 0) is 19.7 Å². The molecule has 0 heterocycles. The van der Waals surface area contributed by atoms with Gasteiger partial charge in [0.2, 0.25) is 19.7 Å². The zero-order valence-corrected chi connectivity index (χ0v) is 21.0. The van der Waals surface area contributed by atoms with E-state index in [2.05, 4.69) is 22.6 Å². The lowest BCUT2D eigenvalue weighted by Gasteiger charge is -2.08. The van der Waals surface area contributed by atoms with Crippen LogP contribution in [0.15, 0.2) is 117 Å². The molecule has 0 aromatic heterocycles. The smallest absolute Gasteiger partial charge is 0.206 e. The zero-order chi connectivity index (χ0) is 22.9. The van der Waals surface area contributed by atoms with E-state index in [1.807, 2.05) is 0 Å². The van der Waals surface area contributed by atoms with Gasteiger partial charge in [-0.2, -0.15) is 0 Å². The molecular weight excluding hydrogens is 579 g/mol. The van der Waals surface area contributed by atoms with Crippen molar-refractivity contribution in [2.45, 2.75) is 19.6 Å². The third-order valence-electron chi connectivity index (χ3n) is 4.91. The van der Waals surface area contributed by atoms with Gasteiger partial charge in [0.25, 0.3) is 0 Å². The van der Waals surface area contributed by atoms with E-state index in [9.17, 15) is 16.8 Å². The third kappa shape index (κ3) is 4.61. The standard InChI is InChI=1S/C24H16ClIO4S2/c25-19-5-13-23(14-6-19)31(27,28)21-9-1-17(2-10-21)18-3-11-22(12-4-18)32(29,30)24-15-7-20(26)8-16-24/h1-16H. The van der Waals surface area contributed by atoms with Gasteiger partial charge in [0.1, 0.15) is 0 Å². The fourth-order valence-corrected chi connectivity index (χ4v) is 6.16. The SMILES string of the molecule is O=S(=O)(c1ccc(Cl)cc1)c1ccc(-c2ccc(S(=O)(=O)c3ccc(I)cc3)cc2)cc1. The molecule has 0 spiro atoms. The van der Waals surface area contributed by atoms with Crippen molar-refractivity contribution in [2.24, 2.45) is 0 Å². The lowest BCUT2D eigenvalue weighted by Crippen LogP contribution is -2.02. The van der Waals surface area contributed by atoms with E-state index in [0.29, 0.717) is 5.02 Å². The van der Waals surface area contributed by atoms with Crippen molar-refractivity contribution in [3.05, 3.63) is 106 Å². The summed E-state index contributed by atoms with van der Waals surface area (Å²) in [6.45, 7) is 0. The van der Waals surface area contributed by atoms with Crippen molar-refractivity contribution in [1.29, 1.82) is 0 Å². The van der Waals surface area contributed by atoms with E-state index in [-0.39, 0.29) is 19.6 Å². The average Bonchev–Trinajstić information content (AvgIpc) is 2.80. The Bertz CT molecular complexity index is 1350. The van der Waals surface area contributed by atoms with E-state index < -0.39 is 19.7 Å². The molecule has 0 saturated carbocycles. The molecule has 0 unspecified atom stereocenters. The van der Waals surface area contributed by atoms with Gasteiger partial charge in [0, 0.05) is 8.59 Å². The molecule has 0 aliphatic rings. The summed E-state index contributed by atoms with van der Waals surface area (Å²) in [6, 6.07) is 25.7. The van der Waals surface area contributed by atoms with Gasteiger partial charge in [-0.3, -0.25) is 0 Å². The molecule has 4 rings (SSSR count). The first-order valence-electron chi connectivity index (χ1n) is 9.40. The second kappa shape index (κ2) is 8.97. The number of hydrogen-bond acceptors (Lipinski definition) is 4. The van der Waals surface area contributed by atoms with Crippen LogP contribution in [-0.4, -0.2) is 16.8 Å². The van der Waals surface area contributed by atoms with Crippen molar-refractivity contribution >= 4 is 53.9 Å². The second-order valence-electron chi connectivity index (χ2n) is 6.96. The highest BCUT2D eigenvalue weighted by Gasteiger charge is 2.19. The molecule has 4 aromatic carbocycles. The Labute approximate surface area is 205 Å². The van der Waals surface area contributed by atoms with Gasteiger partial charge in [-0.05, 0) is 107 Å². The van der Waals surface area contributed by atoms with Crippen LogP contribution in [0.5, 0.6) is 0 Å². The van der Waals surface area contributed by atoms with E-state index in [0.717, 1.165) is 14.7 Å². The first-order chi connectivity index (χ1) is 15.2. The van der Waals surface area contributed by atoms with E-state index in [1.165, 1.54) is 36.4 Å². The van der Waals surface area contributed by atoms with Crippen molar-refractivity contribution in [3.8, 4) is 11.1 Å². The summed E-state index contributed by atoms with van der Waals surface area (Å²) >= 11 is 7.97. The molecule has 0 radical (unpaired) electrons. The molecule has 32 heavy (non-hydrogen) atoms. The second-order valence-corrected chi connectivity index (χ2v) is 12.5. The summed E-state index contributed by atoms with van der Waals surface area (Å²) in [5.74, 6) is 0. The Morgan fingerprint density at radius 1 is 0.469 bits per heavy atom. The topological polar surface area (TPSA) is 68.3 Å². The molecule has 0 fully saturated rings. The summed E-state index contributed by atoms with van der Waals surface area (Å²) in [6.07, 6.45) is 0. The van der Waals surface area contributed by atoms with Crippen molar-refractivity contribution in [1.82, 2.24) is 0 Å². The monoisotopic (exact) mass is 594 g/mol. The minimum Gasteiger partial charge on any atom is -0.219 e. The maximum absolute atomic E-state index is 12.8. The van der Waals surface area contributed by atoms with Gasteiger partial charge in [0.05, 0.1) is 19.6 Å². The van der Waals surface area contributed by atoms with Crippen LogP contribution < -0.4 is 0 Å². The quantitative estimate of drug-likeness (QED) is 0.255. The minimum atomic E-state index is -3.65. The maximum atomic E-state index is 12.8. The summed E-state index contributed by atoms with van der Waals surface area (Å²) in [5.41, 5.74) is 1.56. The average molecular weight is 595 g/mol. The predicted molar refractivity (Wildman–Crippen MR) is 133 cm³/mol. The summed E-state index contributed by atoms with van der Waals surface area (Å²) < 4.78 is 52.2. The van der Waals surface area contributed by atoms with Crippen molar-refractivity contribution in [3.63, 3.8) is 0 Å². The molecule has 0 bridgehead atoms. The van der Waals surface area contributed by atoms with E-state index in [1.54, 1.807) is 60.7 Å². The van der Waals surface area contributed by atoms with Gasteiger partial charge in [0.15, 0.2) is 0 Å². The zero-order valence-electron chi connectivity index (χ0n) is 16.4. The molecule has 4 nitrogen and oxygen atoms in total. The maximum Gasteiger partial charge on any atom is 0.206 e. The number of sulfone groups is 2. The number of halogens is 2. The van der Waals surface area contributed by atoms with Gasteiger partial charge < -0.3 is 0 Å². The van der Waals surface area contributed by atoms with Gasteiger partial charge in [-0.15, -0.1) is 0 Å². The van der Waals surface area contributed by atoms with Crippen LogP contribution in [0.4, 0.5) is 0 Å². The summed E-state index contributed by atoms with van der Waals surface area (Å²) in [5, 5.41) is 0.465. The molecule has 0 N–H and O–H groups in total. The molecule has 0 saturated heterocycles. The Morgan fingerprint density at radius 3 is 1.09 bits per heavy atom. The molecular formula is C24H16ClIO4S2. The lowest BCUT2D eigenvalue weighted by atomic mass is 10.1. The fourth-order valence-electron chi connectivity index (χ4n) is 3.15. The number of hydrogen-bond donors (Lipinski definition) is 0. The number of benzene rings is 4. The minimum absolute atomic E-state index is 0.166. The van der Waals surface area contributed by atoms with E-state index >= 15 is 0 Å². The Kier molecular flexibility index (Phi) is 6.44. The fraction of sp³-hybridized carbons (Fsp3) is 0. The summed E-state index contributed by atoms with van der Waals surface area (Å²) in [7, 11) is -7.26. The van der Waals surface area contributed by atoms with Crippen LogP contribution in [0.3, 0.4) is 0 Å². The van der Waals surface area contributed by atoms with Crippen LogP contribution in [0, 0.1) is 3.57 Å². The molecule has 4 aromatic rings. The van der Waals surface area contributed by atoms with Crippen molar-refractivity contribution < 1.29 is 16.8 Å². The molecule has 0 aliphatic carbocycles. The largest absolute Gasteiger partial charge is 0.219 e. The van der Waals surface area contributed by atoms with E-state index in [4.69, 9.17) is 11.6 Å². The first-order valence-corrected chi connectivity index (χ1v) is 13.8. The normalized spacial score (nSPS) is 11.9. The highest BCUT2D eigenvalue weighted by atomic mass is 127. The third-order valence-corrected chi connectivity index (χ3v) is 9.45. The molecule has 162 valence electrons. The van der Waals surface area contributed by atoms with Crippen molar-refractivity contribution in [2.75, 3.05) is 0 Å². The first kappa shape index (κ1) is 23.0. The predicted octanol–water partition coefficient (Wildman–Crippen LogP) is 6.28. The lowest BCUT2D eigenvalue weighted by molar-refractivity contribution is 0.594. The van der Waals surface area contributed by atoms with Crippen LogP contribution >= 0.6 is 34.2 Å². The van der Waals surface area contributed by atoms with Crippen LogP contribution in [0.2, 0.25) is 5.02 Å². The Hall–Kier alpha value is -2.20. The van der Waals surface area contributed by atoms with Gasteiger partial charge in [-0.25, -0.2) is 16.8 Å². The Morgan fingerprint density at radius 2 is 0.750 bits per heavy atom. The molecule has 0 amide bonds. The molecule has 0 aliphatic heterocycles. The highest BCUT2D eigenvalue weighted by molar-refractivity contribution is 14.1. The Balaban J connectivity index is 1.60. The van der Waals surface area contributed by atoms with Crippen LogP contribution in [0.25, 0.3) is 11.1 Å². The molecule has 8 heteroatoms. The summed E-state index contributed by atoms with van der Waals surface area (Å²) in [4.78, 5) is 0.771. The highest BCUT2D eigenvalue weighted by Crippen LogP contribution is 2.28. The number of rotatable bonds is 5. The van der Waals surface area contributed by atoms with Gasteiger partial charge in [-0.1, -0.05) is 35.9 Å². The van der Waals surface area contributed by atoms with Gasteiger partial charge >= 0.3 is 0 Å².